The summed E-state index contributed by atoms with van der Waals surface area (Å²) in [6, 6.07) is 48.4. The second-order valence-electron chi connectivity index (χ2n) is 11.6. The molecule has 1 N–H and O–H groups in total. The summed E-state index contributed by atoms with van der Waals surface area (Å²) in [6.45, 7) is 0.849. The SMILES string of the molecule is C1=CC(c2ccc(-c3ccc4c5ccc6cc(-c7ccccn7)ccc6c5n(-c5ccccc5)c4c3)c3ccccc23)=CCN1. The second kappa shape index (κ2) is 10.4. The first-order chi connectivity index (χ1) is 22.3. The first-order valence-electron chi connectivity index (χ1n) is 15.4. The second-order valence-corrected chi connectivity index (χ2v) is 11.6. The van der Waals surface area contributed by atoms with Crippen molar-refractivity contribution in [3.8, 4) is 28.1 Å². The van der Waals surface area contributed by atoms with Crippen LogP contribution in [-0.4, -0.2) is 16.1 Å². The summed E-state index contributed by atoms with van der Waals surface area (Å²) in [4.78, 5) is 4.60. The van der Waals surface area contributed by atoms with Crippen LogP contribution in [0.4, 0.5) is 0 Å². The Morgan fingerprint density at radius 1 is 0.578 bits per heavy atom. The van der Waals surface area contributed by atoms with E-state index in [-0.39, 0.29) is 0 Å². The molecule has 9 rings (SSSR count). The van der Waals surface area contributed by atoms with Gasteiger partial charge in [-0.3, -0.25) is 4.98 Å². The Balaban J connectivity index is 1.30. The maximum Gasteiger partial charge on any atom is 0.0702 e. The molecule has 0 unspecified atom stereocenters. The van der Waals surface area contributed by atoms with Gasteiger partial charge in [-0.15, -0.1) is 0 Å². The molecule has 45 heavy (non-hydrogen) atoms. The number of nitrogens with zero attached hydrogens (tertiary/aromatic N) is 2. The van der Waals surface area contributed by atoms with Gasteiger partial charge < -0.3 is 9.88 Å². The van der Waals surface area contributed by atoms with Crippen molar-refractivity contribution in [3.63, 3.8) is 0 Å². The molecule has 0 bridgehead atoms. The highest BCUT2D eigenvalue weighted by atomic mass is 15.0. The van der Waals surface area contributed by atoms with Crippen LogP contribution in [0.3, 0.4) is 0 Å². The monoisotopic (exact) mass is 575 g/mol. The average molecular weight is 576 g/mol. The third-order valence-electron chi connectivity index (χ3n) is 9.09. The smallest absolute Gasteiger partial charge is 0.0702 e. The lowest BCUT2D eigenvalue weighted by atomic mass is 9.91. The summed E-state index contributed by atoms with van der Waals surface area (Å²) in [6.07, 6.45) is 8.32. The number of dihydropyridines is 1. The molecule has 3 nitrogen and oxygen atoms in total. The summed E-state index contributed by atoms with van der Waals surface area (Å²) >= 11 is 0. The van der Waals surface area contributed by atoms with Gasteiger partial charge in [-0.25, -0.2) is 0 Å². The van der Waals surface area contributed by atoms with Gasteiger partial charge >= 0.3 is 0 Å². The van der Waals surface area contributed by atoms with Crippen LogP contribution in [0.25, 0.3) is 77.0 Å². The molecule has 212 valence electrons. The molecule has 0 saturated carbocycles. The number of fused-ring (bicyclic) bond motifs is 6. The van der Waals surface area contributed by atoms with Crippen LogP contribution >= 0.6 is 0 Å². The standard InChI is InChI=1S/C42H29N3/c1-2-8-32(9-3-1)45-41-27-30(34-20-19-33(28-21-24-43-25-22-28)36-10-4-5-11-37(34)36)13-17-38(41)39-18-14-29-26-31(15-16-35(29)42(39)45)40-12-6-7-23-44-40/h1-24,26-27,43H,25H2. The highest BCUT2D eigenvalue weighted by Crippen LogP contribution is 2.41. The van der Waals surface area contributed by atoms with E-state index in [9.17, 15) is 0 Å². The average Bonchev–Trinajstić information content (AvgIpc) is 3.46. The van der Waals surface area contributed by atoms with E-state index >= 15 is 0 Å². The summed E-state index contributed by atoms with van der Waals surface area (Å²) in [5.74, 6) is 0. The fraction of sp³-hybridized carbons (Fsp3) is 0.0238. The zero-order chi connectivity index (χ0) is 29.7. The molecule has 0 saturated heterocycles. The Morgan fingerprint density at radius 3 is 2.16 bits per heavy atom. The first kappa shape index (κ1) is 25.6. The Morgan fingerprint density at radius 2 is 1.33 bits per heavy atom. The Labute approximate surface area is 261 Å². The van der Waals surface area contributed by atoms with E-state index in [4.69, 9.17) is 0 Å². The van der Waals surface area contributed by atoms with Crippen LogP contribution in [0.5, 0.6) is 0 Å². The lowest BCUT2D eigenvalue weighted by Crippen LogP contribution is -2.08. The van der Waals surface area contributed by atoms with Crippen molar-refractivity contribution in [1.82, 2.24) is 14.9 Å². The fourth-order valence-electron chi connectivity index (χ4n) is 7.00. The van der Waals surface area contributed by atoms with Crippen LogP contribution in [-0.2, 0) is 0 Å². The summed E-state index contributed by atoms with van der Waals surface area (Å²) < 4.78 is 2.44. The third-order valence-corrected chi connectivity index (χ3v) is 9.09. The van der Waals surface area contributed by atoms with Crippen molar-refractivity contribution in [2.45, 2.75) is 0 Å². The van der Waals surface area contributed by atoms with Gasteiger partial charge in [-0.2, -0.15) is 0 Å². The molecule has 0 aliphatic carbocycles. The molecule has 2 aromatic heterocycles. The fourth-order valence-corrected chi connectivity index (χ4v) is 7.00. The van der Waals surface area contributed by atoms with Crippen molar-refractivity contribution in [2.75, 3.05) is 6.54 Å². The Kier molecular flexibility index (Phi) is 5.88. The molecule has 0 radical (unpaired) electrons. The number of aromatic nitrogens is 2. The topological polar surface area (TPSA) is 29.9 Å². The Hall–Kier alpha value is -5.93. The molecule has 0 fully saturated rings. The number of hydrogen-bond donors (Lipinski definition) is 1. The summed E-state index contributed by atoms with van der Waals surface area (Å²) in [7, 11) is 0. The highest BCUT2D eigenvalue weighted by molar-refractivity contribution is 6.19. The van der Waals surface area contributed by atoms with E-state index in [0.717, 1.165) is 23.5 Å². The Bertz CT molecular complexity index is 2470. The van der Waals surface area contributed by atoms with Crippen molar-refractivity contribution in [2.24, 2.45) is 0 Å². The molecular formula is C42H29N3. The van der Waals surface area contributed by atoms with E-state index in [0.29, 0.717) is 0 Å². The molecule has 3 heterocycles. The number of nitrogens with one attached hydrogen (secondary N) is 1. The minimum absolute atomic E-state index is 0.849. The van der Waals surface area contributed by atoms with E-state index < -0.39 is 0 Å². The molecule has 3 heteroatoms. The van der Waals surface area contributed by atoms with Gasteiger partial charge in [0, 0.05) is 40.2 Å². The van der Waals surface area contributed by atoms with Crippen molar-refractivity contribution >= 4 is 48.9 Å². The van der Waals surface area contributed by atoms with Gasteiger partial charge in [-0.1, -0.05) is 103 Å². The van der Waals surface area contributed by atoms with Gasteiger partial charge in [0.15, 0.2) is 0 Å². The van der Waals surface area contributed by atoms with Crippen LogP contribution in [0, 0.1) is 0 Å². The summed E-state index contributed by atoms with van der Waals surface area (Å²) in [5.41, 5.74) is 10.7. The van der Waals surface area contributed by atoms with Crippen molar-refractivity contribution in [1.29, 1.82) is 0 Å². The van der Waals surface area contributed by atoms with Gasteiger partial charge in [0.1, 0.15) is 0 Å². The number of benzene rings is 6. The van der Waals surface area contributed by atoms with E-state index in [1.54, 1.807) is 0 Å². The minimum Gasteiger partial charge on any atom is -0.387 e. The third kappa shape index (κ3) is 4.16. The van der Waals surface area contributed by atoms with Crippen LogP contribution < -0.4 is 5.32 Å². The normalized spacial score (nSPS) is 13.0. The zero-order valence-corrected chi connectivity index (χ0v) is 24.6. The molecule has 0 spiro atoms. The predicted molar refractivity (Wildman–Crippen MR) is 190 cm³/mol. The number of allylic oxidation sites excluding steroid dienone is 2. The van der Waals surface area contributed by atoms with Crippen molar-refractivity contribution < 1.29 is 0 Å². The molecular weight excluding hydrogens is 546 g/mol. The first-order valence-corrected chi connectivity index (χ1v) is 15.4. The lowest BCUT2D eigenvalue weighted by molar-refractivity contribution is 0.976. The number of hydrogen-bond acceptors (Lipinski definition) is 2. The lowest BCUT2D eigenvalue weighted by Gasteiger charge is -2.15. The van der Waals surface area contributed by atoms with Gasteiger partial charge in [0.25, 0.3) is 0 Å². The quantitative estimate of drug-likeness (QED) is 0.226. The van der Waals surface area contributed by atoms with Gasteiger partial charge in [0.2, 0.25) is 0 Å². The van der Waals surface area contributed by atoms with Gasteiger partial charge in [0.05, 0.1) is 16.7 Å². The zero-order valence-electron chi connectivity index (χ0n) is 24.6. The van der Waals surface area contributed by atoms with Crippen LogP contribution in [0.2, 0.25) is 0 Å². The molecule has 0 atom stereocenters. The van der Waals surface area contributed by atoms with Crippen LogP contribution in [0.1, 0.15) is 5.56 Å². The largest absolute Gasteiger partial charge is 0.387 e. The van der Waals surface area contributed by atoms with Gasteiger partial charge in [-0.05, 0) is 87.1 Å². The molecule has 1 aliphatic heterocycles. The molecule has 8 aromatic rings. The van der Waals surface area contributed by atoms with Crippen molar-refractivity contribution in [3.05, 3.63) is 164 Å². The molecule has 1 aliphatic rings. The number of pyridine rings is 1. The minimum atomic E-state index is 0.849. The summed E-state index contributed by atoms with van der Waals surface area (Å²) in [5, 5.41) is 10.7. The number of rotatable bonds is 4. The number of para-hydroxylation sites is 1. The van der Waals surface area contributed by atoms with E-state index in [1.807, 2.05) is 24.5 Å². The highest BCUT2D eigenvalue weighted by Gasteiger charge is 2.18. The van der Waals surface area contributed by atoms with E-state index in [1.165, 1.54) is 65.6 Å². The maximum atomic E-state index is 4.60. The predicted octanol–water partition coefficient (Wildman–Crippen LogP) is 10.3. The molecule has 0 amide bonds. The maximum absolute atomic E-state index is 4.60. The van der Waals surface area contributed by atoms with E-state index in [2.05, 4.69) is 148 Å². The molecule has 6 aromatic carbocycles. The van der Waals surface area contributed by atoms with Crippen LogP contribution in [0.15, 0.2) is 158 Å².